The number of alkyl halides is 3. The van der Waals surface area contributed by atoms with E-state index >= 15 is 0 Å². The number of rotatable bonds is 4. The Balaban J connectivity index is 3.99. The number of hydrogen-bond acceptors (Lipinski definition) is 3. The van der Waals surface area contributed by atoms with E-state index in [1.54, 1.807) is 0 Å². The van der Waals surface area contributed by atoms with Gasteiger partial charge < -0.3 is 16.4 Å². The number of carbonyl (C=O) groups excluding carboxylic acids is 2. The van der Waals surface area contributed by atoms with Crippen LogP contribution in [0, 0.1) is 0 Å². The molecule has 0 heterocycles. The lowest BCUT2D eigenvalue weighted by Crippen LogP contribution is -2.45. The Bertz CT molecular complexity index is 255. The highest BCUT2D eigenvalue weighted by Gasteiger charge is 2.31. The smallest absolute Gasteiger partial charge is 0.347 e. The summed E-state index contributed by atoms with van der Waals surface area (Å²) in [6.45, 7) is 1.42. The molecule has 0 rings (SSSR count). The Morgan fingerprint density at radius 3 is 2.31 bits per heavy atom. The summed E-state index contributed by atoms with van der Waals surface area (Å²) in [6.07, 6.45) is -5.55. The Hall–Kier alpha value is -1.31. The maximum atomic E-state index is 11.9. The van der Waals surface area contributed by atoms with Crippen LogP contribution in [0.25, 0.3) is 0 Å². The van der Waals surface area contributed by atoms with E-state index in [9.17, 15) is 22.8 Å². The van der Waals surface area contributed by atoms with E-state index in [4.69, 9.17) is 5.73 Å². The lowest BCUT2D eigenvalue weighted by Gasteiger charge is -2.15. The molecule has 0 spiro atoms. The van der Waals surface area contributed by atoms with Crippen molar-refractivity contribution in [2.45, 2.75) is 25.6 Å². The number of carbonyl (C=O) groups is 2. The van der Waals surface area contributed by atoms with Gasteiger partial charge >= 0.3 is 18.0 Å². The quantitative estimate of drug-likeness (QED) is 0.581. The molecule has 5 nitrogen and oxygen atoms in total. The molecule has 1 unspecified atom stereocenters. The first-order chi connectivity index (χ1) is 7.26. The molecule has 16 heavy (non-hydrogen) atoms. The van der Waals surface area contributed by atoms with Gasteiger partial charge in [0.15, 0.2) is 0 Å². The van der Waals surface area contributed by atoms with Crippen LogP contribution in [-0.2, 0) is 9.59 Å². The molecule has 0 aliphatic heterocycles. The summed E-state index contributed by atoms with van der Waals surface area (Å²) in [5.74, 6) is -2.08. The summed E-state index contributed by atoms with van der Waals surface area (Å²) in [7, 11) is 0. The highest BCUT2D eigenvalue weighted by Crippen LogP contribution is 2.21. The lowest BCUT2D eigenvalue weighted by molar-refractivity contribution is -0.146. The van der Waals surface area contributed by atoms with Crippen molar-refractivity contribution in [1.29, 1.82) is 0 Å². The molecule has 0 radical (unpaired) electrons. The third kappa shape index (κ3) is 7.04. The van der Waals surface area contributed by atoms with Crippen molar-refractivity contribution in [2.24, 2.45) is 5.73 Å². The molecule has 94 valence electrons. The predicted molar refractivity (Wildman–Crippen MR) is 50.3 cm³/mol. The zero-order valence-corrected chi connectivity index (χ0v) is 8.73. The fourth-order valence-electron chi connectivity index (χ4n) is 0.954. The van der Waals surface area contributed by atoms with Gasteiger partial charge in [-0.1, -0.05) is 0 Å². The van der Waals surface area contributed by atoms with Crippen LogP contribution in [0.3, 0.4) is 0 Å². The van der Waals surface area contributed by atoms with Crippen molar-refractivity contribution in [2.75, 3.05) is 13.1 Å². The molecule has 0 fully saturated rings. The van der Waals surface area contributed by atoms with Gasteiger partial charge in [0, 0.05) is 19.1 Å². The van der Waals surface area contributed by atoms with Crippen LogP contribution in [0.4, 0.5) is 13.2 Å². The molecular weight excluding hydrogens is 227 g/mol. The molecule has 0 saturated heterocycles. The Morgan fingerprint density at radius 1 is 1.31 bits per heavy atom. The molecule has 4 N–H and O–H groups in total. The minimum Gasteiger partial charge on any atom is -0.347 e. The van der Waals surface area contributed by atoms with Crippen LogP contribution >= 0.6 is 0 Å². The fourth-order valence-corrected chi connectivity index (χ4v) is 0.954. The normalized spacial score (nSPS) is 13.1. The summed E-state index contributed by atoms with van der Waals surface area (Å²) < 4.78 is 35.7. The predicted octanol–water partition coefficient (Wildman–Crippen LogP) is -0.482. The van der Waals surface area contributed by atoms with E-state index in [-0.39, 0.29) is 13.1 Å². The van der Waals surface area contributed by atoms with Crippen molar-refractivity contribution in [3.63, 3.8) is 0 Å². The molecule has 0 aromatic rings. The van der Waals surface area contributed by atoms with Crippen LogP contribution in [0.2, 0.25) is 0 Å². The summed E-state index contributed by atoms with van der Waals surface area (Å²) in [4.78, 5) is 22.0. The van der Waals surface area contributed by atoms with E-state index in [1.807, 2.05) is 5.32 Å². The van der Waals surface area contributed by atoms with Gasteiger partial charge in [0.1, 0.15) is 0 Å². The zero-order chi connectivity index (χ0) is 12.8. The largest absolute Gasteiger partial charge is 0.391 e. The second-order valence-corrected chi connectivity index (χ2v) is 3.24. The van der Waals surface area contributed by atoms with Gasteiger partial charge in [-0.3, -0.25) is 9.59 Å². The topological polar surface area (TPSA) is 84.2 Å². The van der Waals surface area contributed by atoms with Gasteiger partial charge in [-0.15, -0.1) is 0 Å². The standard InChI is InChI=1S/C8H14F3N3O2/c1-5(4-8(9,10)11)14-7(16)6(15)13-3-2-12/h5H,2-4,12H2,1H3,(H,13,15)(H,14,16). The van der Waals surface area contributed by atoms with Gasteiger partial charge in [0.05, 0.1) is 6.42 Å². The first-order valence-electron chi connectivity index (χ1n) is 4.61. The molecule has 0 bridgehead atoms. The molecule has 0 aliphatic carbocycles. The second kappa shape index (κ2) is 6.31. The highest BCUT2D eigenvalue weighted by molar-refractivity contribution is 6.35. The maximum absolute atomic E-state index is 11.9. The molecule has 0 saturated carbocycles. The first-order valence-corrected chi connectivity index (χ1v) is 4.61. The van der Waals surface area contributed by atoms with Crippen LogP contribution < -0.4 is 16.4 Å². The lowest BCUT2D eigenvalue weighted by atomic mass is 10.2. The number of amides is 2. The van der Waals surface area contributed by atoms with Gasteiger partial charge in [-0.05, 0) is 6.92 Å². The van der Waals surface area contributed by atoms with Crippen molar-refractivity contribution in [1.82, 2.24) is 10.6 Å². The number of nitrogens with two attached hydrogens (primary N) is 1. The summed E-state index contributed by atoms with van der Waals surface area (Å²) >= 11 is 0. The molecule has 0 aromatic carbocycles. The maximum Gasteiger partial charge on any atom is 0.391 e. The molecule has 2 amide bonds. The SMILES string of the molecule is CC(CC(F)(F)F)NC(=O)C(=O)NCCN. The van der Waals surface area contributed by atoms with Crippen LogP contribution in [0.1, 0.15) is 13.3 Å². The zero-order valence-electron chi connectivity index (χ0n) is 8.73. The molecule has 0 aliphatic rings. The van der Waals surface area contributed by atoms with E-state index in [0.717, 1.165) is 0 Å². The van der Waals surface area contributed by atoms with Crippen molar-refractivity contribution in [3.8, 4) is 0 Å². The average Bonchev–Trinajstić information content (AvgIpc) is 2.10. The Labute approximate surface area is 90.6 Å². The third-order valence-electron chi connectivity index (χ3n) is 1.55. The average molecular weight is 241 g/mol. The Morgan fingerprint density at radius 2 is 1.88 bits per heavy atom. The molecular formula is C8H14F3N3O2. The first kappa shape index (κ1) is 14.7. The van der Waals surface area contributed by atoms with Crippen molar-refractivity contribution >= 4 is 11.8 Å². The third-order valence-corrected chi connectivity index (χ3v) is 1.55. The van der Waals surface area contributed by atoms with Crippen molar-refractivity contribution in [3.05, 3.63) is 0 Å². The summed E-state index contributed by atoms with van der Waals surface area (Å²) in [6, 6.07) is -1.14. The fraction of sp³-hybridized carbons (Fsp3) is 0.750. The van der Waals surface area contributed by atoms with Gasteiger partial charge in [0.2, 0.25) is 0 Å². The van der Waals surface area contributed by atoms with Crippen LogP contribution in [0.5, 0.6) is 0 Å². The Kier molecular flexibility index (Phi) is 5.79. The molecule has 1 atom stereocenters. The van der Waals surface area contributed by atoms with E-state index < -0.39 is 30.5 Å². The molecule has 0 aromatic heterocycles. The van der Waals surface area contributed by atoms with Gasteiger partial charge in [0.25, 0.3) is 0 Å². The van der Waals surface area contributed by atoms with E-state index in [0.29, 0.717) is 0 Å². The second-order valence-electron chi connectivity index (χ2n) is 3.24. The number of nitrogens with one attached hydrogen (secondary N) is 2. The number of halogens is 3. The van der Waals surface area contributed by atoms with Crippen LogP contribution in [0.15, 0.2) is 0 Å². The molecule has 8 heteroatoms. The summed E-state index contributed by atoms with van der Waals surface area (Å²) in [5, 5.41) is 4.08. The van der Waals surface area contributed by atoms with Crippen molar-refractivity contribution < 1.29 is 22.8 Å². The van der Waals surface area contributed by atoms with Gasteiger partial charge in [-0.25, -0.2) is 0 Å². The summed E-state index contributed by atoms with van der Waals surface area (Å²) in [5.41, 5.74) is 5.07. The minimum absolute atomic E-state index is 0.0971. The van der Waals surface area contributed by atoms with Gasteiger partial charge in [-0.2, -0.15) is 13.2 Å². The monoisotopic (exact) mass is 241 g/mol. The van der Waals surface area contributed by atoms with E-state index in [1.165, 1.54) is 6.92 Å². The van der Waals surface area contributed by atoms with E-state index in [2.05, 4.69) is 5.32 Å². The van der Waals surface area contributed by atoms with Crippen LogP contribution in [-0.4, -0.2) is 37.1 Å². The number of hydrogen-bond donors (Lipinski definition) is 3. The minimum atomic E-state index is -4.37. The highest BCUT2D eigenvalue weighted by atomic mass is 19.4.